The number of benzene rings is 2. The molecule has 2 N–H and O–H groups in total. The molecule has 108 valence electrons. The number of hydrogen-bond acceptors (Lipinski definition) is 2. The molecule has 1 unspecified atom stereocenters. The monoisotopic (exact) mass is 307 g/mol. The molecule has 21 heavy (non-hydrogen) atoms. The Balaban J connectivity index is 2.17. The molecule has 1 heterocycles. The molecule has 1 aromatic heterocycles. The molecule has 0 bridgehead atoms. The predicted octanol–water partition coefficient (Wildman–Crippen LogP) is 4.16. The third-order valence-corrected chi connectivity index (χ3v) is 3.79. The van der Waals surface area contributed by atoms with Crippen molar-refractivity contribution in [1.82, 2.24) is 9.55 Å². The summed E-state index contributed by atoms with van der Waals surface area (Å²) >= 11 is 5.76. The van der Waals surface area contributed by atoms with Crippen molar-refractivity contribution in [1.29, 1.82) is 0 Å². The van der Waals surface area contributed by atoms with Gasteiger partial charge in [-0.15, -0.1) is 0 Å². The Bertz CT molecular complexity index is 812. The smallest absolute Gasteiger partial charge is 0.201 e. The summed E-state index contributed by atoms with van der Waals surface area (Å²) in [7, 11) is 0. The Labute approximate surface area is 125 Å². The fraction of sp³-hybridized carbons (Fsp3) is 0.133. The number of imidazole rings is 1. The lowest BCUT2D eigenvalue weighted by Gasteiger charge is -2.16. The van der Waals surface area contributed by atoms with Gasteiger partial charge in [-0.05, 0) is 30.7 Å². The van der Waals surface area contributed by atoms with Crippen molar-refractivity contribution in [3.8, 4) is 0 Å². The minimum absolute atomic E-state index is 0.00147. The zero-order valence-corrected chi connectivity index (χ0v) is 11.9. The van der Waals surface area contributed by atoms with Crippen LogP contribution in [0.1, 0.15) is 18.5 Å². The molecule has 0 amide bonds. The summed E-state index contributed by atoms with van der Waals surface area (Å²) in [6.45, 7) is 1.89. The molecule has 0 radical (unpaired) electrons. The van der Waals surface area contributed by atoms with E-state index < -0.39 is 5.82 Å². The van der Waals surface area contributed by atoms with Gasteiger partial charge < -0.3 is 10.3 Å². The van der Waals surface area contributed by atoms with Crippen LogP contribution in [0.3, 0.4) is 0 Å². The number of aromatic nitrogens is 2. The number of anilines is 1. The van der Waals surface area contributed by atoms with Crippen LogP contribution in [0.2, 0.25) is 5.02 Å². The van der Waals surface area contributed by atoms with E-state index in [-0.39, 0.29) is 22.8 Å². The van der Waals surface area contributed by atoms with Crippen LogP contribution in [-0.4, -0.2) is 9.55 Å². The topological polar surface area (TPSA) is 43.8 Å². The van der Waals surface area contributed by atoms with Crippen molar-refractivity contribution in [3.63, 3.8) is 0 Å². The highest BCUT2D eigenvalue weighted by Gasteiger charge is 2.17. The Morgan fingerprint density at radius 1 is 1.19 bits per heavy atom. The van der Waals surface area contributed by atoms with E-state index in [0.717, 1.165) is 5.56 Å². The fourth-order valence-corrected chi connectivity index (χ4v) is 2.56. The van der Waals surface area contributed by atoms with E-state index in [0.29, 0.717) is 11.0 Å². The van der Waals surface area contributed by atoms with Crippen LogP contribution < -0.4 is 5.73 Å². The predicted molar refractivity (Wildman–Crippen MR) is 79.3 cm³/mol. The summed E-state index contributed by atoms with van der Waals surface area (Å²) in [5.41, 5.74) is 7.85. The highest BCUT2D eigenvalue weighted by molar-refractivity contribution is 6.31. The van der Waals surface area contributed by atoms with Gasteiger partial charge in [0.25, 0.3) is 0 Å². The molecule has 3 nitrogen and oxygen atoms in total. The van der Waals surface area contributed by atoms with Gasteiger partial charge in [-0.3, -0.25) is 0 Å². The summed E-state index contributed by atoms with van der Waals surface area (Å²) in [5.74, 6) is -0.590. The van der Waals surface area contributed by atoms with E-state index in [1.807, 2.05) is 6.92 Å². The Hall–Kier alpha value is -2.14. The maximum absolute atomic E-state index is 13.7. The average molecular weight is 308 g/mol. The molecule has 0 saturated heterocycles. The first-order valence-corrected chi connectivity index (χ1v) is 6.73. The molecule has 3 aromatic rings. The van der Waals surface area contributed by atoms with Crippen molar-refractivity contribution >= 4 is 28.6 Å². The minimum Gasteiger partial charge on any atom is -0.369 e. The van der Waals surface area contributed by atoms with Crippen molar-refractivity contribution in [2.24, 2.45) is 0 Å². The third kappa shape index (κ3) is 2.34. The summed E-state index contributed by atoms with van der Waals surface area (Å²) < 4.78 is 28.4. The zero-order valence-electron chi connectivity index (χ0n) is 11.1. The van der Waals surface area contributed by atoms with Gasteiger partial charge in [0.2, 0.25) is 5.95 Å². The van der Waals surface area contributed by atoms with Gasteiger partial charge in [-0.25, -0.2) is 13.8 Å². The van der Waals surface area contributed by atoms with Crippen LogP contribution >= 0.6 is 11.6 Å². The first kappa shape index (κ1) is 13.8. The SMILES string of the molecule is CC(c1ccc(F)cc1)n1c(N)nc2cc(Cl)c(F)cc21. The van der Waals surface area contributed by atoms with E-state index >= 15 is 0 Å². The van der Waals surface area contributed by atoms with Crippen LogP contribution in [0.4, 0.5) is 14.7 Å². The van der Waals surface area contributed by atoms with Gasteiger partial charge >= 0.3 is 0 Å². The molecule has 0 spiro atoms. The highest BCUT2D eigenvalue weighted by Crippen LogP contribution is 2.30. The molecule has 0 aliphatic carbocycles. The summed E-state index contributed by atoms with van der Waals surface area (Å²) in [6.07, 6.45) is 0. The number of halogens is 3. The molecule has 1 atom stereocenters. The molecule has 6 heteroatoms. The van der Waals surface area contributed by atoms with Gasteiger partial charge in [0.1, 0.15) is 11.6 Å². The standard InChI is InChI=1S/C15H12ClF2N3/c1-8(9-2-4-10(17)5-3-9)21-14-7-12(18)11(16)6-13(14)20-15(21)19/h2-8H,1H3,(H2,19,20). The normalized spacial score (nSPS) is 12.8. The Kier molecular flexibility index (Phi) is 3.29. The average Bonchev–Trinajstić information content (AvgIpc) is 2.75. The van der Waals surface area contributed by atoms with Crippen molar-refractivity contribution in [2.45, 2.75) is 13.0 Å². The maximum atomic E-state index is 13.7. The second-order valence-corrected chi connectivity index (χ2v) is 5.23. The fourth-order valence-electron chi connectivity index (χ4n) is 2.41. The van der Waals surface area contributed by atoms with Gasteiger partial charge in [-0.1, -0.05) is 23.7 Å². The number of rotatable bonds is 2. The molecular formula is C15H12ClF2N3. The van der Waals surface area contributed by atoms with Crippen molar-refractivity contribution in [3.05, 3.63) is 58.6 Å². The Morgan fingerprint density at radius 3 is 2.52 bits per heavy atom. The number of fused-ring (bicyclic) bond motifs is 1. The molecule has 0 saturated carbocycles. The lowest BCUT2D eigenvalue weighted by molar-refractivity contribution is 0.619. The van der Waals surface area contributed by atoms with Crippen LogP contribution in [0.5, 0.6) is 0 Å². The summed E-state index contributed by atoms with van der Waals surface area (Å²) in [4.78, 5) is 4.19. The van der Waals surface area contributed by atoms with E-state index in [1.165, 1.54) is 24.3 Å². The van der Waals surface area contributed by atoms with Crippen LogP contribution in [0.15, 0.2) is 36.4 Å². The largest absolute Gasteiger partial charge is 0.369 e. The van der Waals surface area contributed by atoms with E-state index in [4.69, 9.17) is 17.3 Å². The zero-order chi connectivity index (χ0) is 15.1. The maximum Gasteiger partial charge on any atom is 0.201 e. The van der Waals surface area contributed by atoms with Crippen LogP contribution in [-0.2, 0) is 0 Å². The van der Waals surface area contributed by atoms with E-state index in [2.05, 4.69) is 4.98 Å². The van der Waals surface area contributed by atoms with E-state index in [9.17, 15) is 8.78 Å². The van der Waals surface area contributed by atoms with Crippen LogP contribution in [0, 0.1) is 11.6 Å². The number of nitrogens with zero attached hydrogens (tertiary/aromatic N) is 2. The quantitative estimate of drug-likeness (QED) is 0.772. The lowest BCUT2D eigenvalue weighted by atomic mass is 10.1. The first-order valence-electron chi connectivity index (χ1n) is 6.35. The van der Waals surface area contributed by atoms with E-state index in [1.54, 1.807) is 16.7 Å². The van der Waals surface area contributed by atoms with Gasteiger partial charge in [0.05, 0.1) is 22.1 Å². The third-order valence-electron chi connectivity index (χ3n) is 3.50. The number of nitrogen functional groups attached to an aromatic ring is 1. The second kappa shape index (κ2) is 5.00. The van der Waals surface area contributed by atoms with Gasteiger partial charge in [-0.2, -0.15) is 0 Å². The minimum atomic E-state index is -0.531. The van der Waals surface area contributed by atoms with Gasteiger partial charge in [0, 0.05) is 6.07 Å². The lowest BCUT2D eigenvalue weighted by Crippen LogP contribution is -2.10. The summed E-state index contributed by atoms with van der Waals surface area (Å²) in [6, 6.07) is 8.61. The van der Waals surface area contributed by atoms with Gasteiger partial charge in [0.15, 0.2) is 0 Å². The summed E-state index contributed by atoms with van der Waals surface area (Å²) in [5, 5.41) is 0.00147. The Morgan fingerprint density at radius 2 is 1.86 bits per heavy atom. The first-order chi connectivity index (χ1) is 9.97. The molecule has 3 rings (SSSR count). The highest BCUT2D eigenvalue weighted by atomic mass is 35.5. The van der Waals surface area contributed by atoms with Crippen molar-refractivity contribution in [2.75, 3.05) is 5.73 Å². The number of hydrogen-bond donors (Lipinski definition) is 1. The number of nitrogens with two attached hydrogens (primary N) is 1. The van der Waals surface area contributed by atoms with Crippen molar-refractivity contribution < 1.29 is 8.78 Å². The molecule has 0 aliphatic heterocycles. The van der Waals surface area contributed by atoms with Crippen LogP contribution in [0.25, 0.3) is 11.0 Å². The molecular weight excluding hydrogens is 296 g/mol. The molecule has 2 aromatic carbocycles. The second-order valence-electron chi connectivity index (χ2n) is 4.82. The molecule has 0 aliphatic rings. The molecule has 0 fully saturated rings.